The smallest absolute Gasteiger partial charge is 0.208 e. The third-order valence-electron chi connectivity index (χ3n) is 4.48. The number of rotatable bonds is 5. The van der Waals surface area contributed by atoms with Crippen molar-refractivity contribution in [2.75, 3.05) is 12.3 Å². The number of anilines is 1. The van der Waals surface area contributed by atoms with Crippen molar-refractivity contribution in [3.05, 3.63) is 29.4 Å². The summed E-state index contributed by atoms with van der Waals surface area (Å²) < 4.78 is -0.701. The van der Waals surface area contributed by atoms with E-state index in [1.165, 1.54) is 37.1 Å². The minimum atomic E-state index is -0.701. The fraction of sp³-hybridized carbons (Fsp3) is 0.471. The zero-order valence-corrected chi connectivity index (χ0v) is 15.6. The second-order valence-electron chi connectivity index (χ2n) is 6.29. The molecule has 0 radical (unpaired) electrons. The van der Waals surface area contributed by atoms with Gasteiger partial charge in [-0.1, -0.05) is 19.3 Å². The number of nitrogens with two attached hydrogens (primary N) is 1. The molecule has 0 amide bonds. The van der Waals surface area contributed by atoms with Crippen LogP contribution in [0, 0.1) is 0 Å². The number of nitrogens with zero attached hydrogens (tertiary/aromatic N) is 2. The highest BCUT2D eigenvalue weighted by Gasteiger charge is 2.30. The number of aromatic nitrogens is 1. The lowest BCUT2D eigenvalue weighted by atomic mass is 9.90. The van der Waals surface area contributed by atoms with Crippen LogP contribution in [0.15, 0.2) is 24.4 Å². The Morgan fingerprint density at radius 1 is 1.38 bits per heavy atom. The number of nitrogens with one attached hydrogen (secondary N) is 1. The van der Waals surface area contributed by atoms with Crippen LogP contribution < -0.4 is 15.3 Å². The standard InChI is InChI=1S/C17H25N4OS2/c1-2-20-21(22,23)15-10-13(18)8-9-14(15)16-11-19-17(24-16)12-6-4-3-5-7-12/h8-12,20,22-23H,2-7,18H2,1H3/q+1. The number of thiazole rings is 1. The molecule has 1 heterocycles. The van der Waals surface area contributed by atoms with Crippen LogP contribution in [-0.2, 0) is 0 Å². The predicted molar refractivity (Wildman–Crippen MR) is 104 cm³/mol. The van der Waals surface area contributed by atoms with E-state index >= 15 is 0 Å². The summed E-state index contributed by atoms with van der Waals surface area (Å²) in [6.07, 6.45) is 8.28. The molecule has 1 atom stereocenters. The monoisotopic (exact) mass is 365 g/mol. The van der Waals surface area contributed by atoms with Gasteiger partial charge in [0.1, 0.15) is 12.8 Å². The Balaban J connectivity index is 1.96. The van der Waals surface area contributed by atoms with Crippen molar-refractivity contribution < 1.29 is 5.21 Å². The molecule has 1 aromatic heterocycles. The van der Waals surface area contributed by atoms with Crippen molar-refractivity contribution in [2.45, 2.75) is 44.9 Å². The molecule has 1 aliphatic carbocycles. The Kier molecular flexibility index (Phi) is 5.46. The SMILES string of the molecule is CCN[N+](O)(S)c1cc(N)ccc1-c1cnc(C2CCCCC2)s1. The lowest BCUT2D eigenvalue weighted by molar-refractivity contribution is -0.0185. The first-order valence-electron chi connectivity index (χ1n) is 8.47. The van der Waals surface area contributed by atoms with E-state index in [-0.39, 0.29) is 0 Å². The van der Waals surface area contributed by atoms with Gasteiger partial charge in [0, 0.05) is 30.4 Å². The number of nitrogen functional groups attached to an aromatic ring is 1. The van der Waals surface area contributed by atoms with E-state index < -0.39 is 4.16 Å². The molecule has 1 aliphatic rings. The van der Waals surface area contributed by atoms with E-state index in [1.807, 2.05) is 25.3 Å². The molecule has 1 aromatic carbocycles. The normalized spacial score (nSPS) is 18.5. The van der Waals surface area contributed by atoms with Crippen molar-refractivity contribution in [3.8, 4) is 10.4 Å². The van der Waals surface area contributed by atoms with Crippen LogP contribution in [0.1, 0.15) is 50.0 Å². The maximum atomic E-state index is 10.6. The van der Waals surface area contributed by atoms with Crippen molar-refractivity contribution in [2.24, 2.45) is 0 Å². The maximum absolute atomic E-state index is 10.6. The first kappa shape index (κ1) is 17.7. The number of quaternary nitrogens is 1. The lowest BCUT2D eigenvalue weighted by Gasteiger charge is -2.23. The molecule has 0 aliphatic heterocycles. The Morgan fingerprint density at radius 3 is 2.83 bits per heavy atom. The molecule has 0 saturated heterocycles. The second-order valence-corrected chi connectivity index (χ2v) is 7.93. The van der Waals surface area contributed by atoms with E-state index in [2.05, 4.69) is 23.2 Å². The average Bonchev–Trinajstić information content (AvgIpc) is 3.05. The number of hydrogen-bond donors (Lipinski definition) is 4. The van der Waals surface area contributed by atoms with Gasteiger partial charge in [0.15, 0.2) is 0 Å². The molecular formula is C17H25N4OS2+. The fourth-order valence-corrected chi connectivity index (χ4v) is 4.70. The van der Waals surface area contributed by atoms with E-state index in [0.29, 0.717) is 23.8 Å². The summed E-state index contributed by atoms with van der Waals surface area (Å²) in [4.78, 5) is 5.70. The number of thiol groups is 1. The van der Waals surface area contributed by atoms with Gasteiger partial charge in [-0.05, 0) is 36.1 Å². The zero-order chi connectivity index (χ0) is 17.2. The van der Waals surface area contributed by atoms with Crippen molar-refractivity contribution >= 4 is 35.5 Å². The van der Waals surface area contributed by atoms with E-state index in [4.69, 9.17) is 5.73 Å². The molecule has 7 heteroatoms. The average molecular weight is 366 g/mol. The Bertz CT molecular complexity index is 696. The van der Waals surface area contributed by atoms with Gasteiger partial charge in [0.25, 0.3) is 0 Å². The van der Waals surface area contributed by atoms with Gasteiger partial charge in [0.05, 0.1) is 15.4 Å². The highest BCUT2D eigenvalue weighted by Crippen LogP contribution is 2.41. The predicted octanol–water partition coefficient (Wildman–Crippen LogP) is 4.51. The highest BCUT2D eigenvalue weighted by atomic mass is 32.1. The minimum Gasteiger partial charge on any atom is -0.399 e. The van der Waals surface area contributed by atoms with Crippen molar-refractivity contribution in [1.29, 1.82) is 0 Å². The molecule has 0 spiro atoms. The summed E-state index contributed by atoms with van der Waals surface area (Å²) in [5.74, 6) is 0.577. The summed E-state index contributed by atoms with van der Waals surface area (Å²) in [7, 11) is 0. The fourth-order valence-electron chi connectivity index (χ4n) is 3.27. The molecule has 2 aromatic rings. The summed E-state index contributed by atoms with van der Waals surface area (Å²) >= 11 is 6.05. The zero-order valence-electron chi connectivity index (χ0n) is 13.9. The van der Waals surface area contributed by atoms with Crippen LogP contribution in [0.2, 0.25) is 0 Å². The summed E-state index contributed by atoms with van der Waals surface area (Å²) in [6, 6.07) is 5.53. The van der Waals surface area contributed by atoms with Crippen LogP contribution in [0.25, 0.3) is 10.4 Å². The second kappa shape index (κ2) is 7.41. The van der Waals surface area contributed by atoms with Crippen LogP contribution in [-0.4, -0.2) is 16.7 Å². The number of benzene rings is 1. The summed E-state index contributed by atoms with van der Waals surface area (Å²) in [6.45, 7) is 2.49. The van der Waals surface area contributed by atoms with Crippen molar-refractivity contribution in [3.63, 3.8) is 0 Å². The third kappa shape index (κ3) is 3.75. The minimum absolute atomic E-state index is 0.574. The van der Waals surface area contributed by atoms with Crippen molar-refractivity contribution in [1.82, 2.24) is 14.6 Å². The first-order chi connectivity index (χ1) is 11.5. The maximum Gasteiger partial charge on any atom is 0.208 e. The van der Waals surface area contributed by atoms with Crippen LogP contribution >= 0.6 is 24.2 Å². The molecule has 5 nitrogen and oxygen atoms in total. The Morgan fingerprint density at radius 2 is 2.12 bits per heavy atom. The van der Waals surface area contributed by atoms with E-state index in [9.17, 15) is 5.21 Å². The Labute approximate surface area is 152 Å². The van der Waals surface area contributed by atoms with Crippen LogP contribution in [0.5, 0.6) is 0 Å². The molecule has 4 N–H and O–H groups in total. The first-order valence-corrected chi connectivity index (χ1v) is 9.68. The molecule has 1 unspecified atom stereocenters. The molecule has 24 heavy (non-hydrogen) atoms. The van der Waals surface area contributed by atoms with Gasteiger partial charge in [0.2, 0.25) is 5.69 Å². The quantitative estimate of drug-likeness (QED) is 0.272. The van der Waals surface area contributed by atoms with Crippen LogP contribution in [0.3, 0.4) is 0 Å². The molecule has 130 valence electrons. The number of hydrogen-bond acceptors (Lipinski definition) is 6. The van der Waals surface area contributed by atoms with Crippen LogP contribution in [0.4, 0.5) is 11.4 Å². The molecule has 1 fully saturated rings. The summed E-state index contributed by atoms with van der Waals surface area (Å²) in [5.41, 5.74) is 11.0. The molecule has 3 rings (SSSR count). The molecule has 1 saturated carbocycles. The molecule has 0 bridgehead atoms. The van der Waals surface area contributed by atoms with Gasteiger partial charge < -0.3 is 5.73 Å². The van der Waals surface area contributed by atoms with E-state index in [0.717, 1.165) is 10.4 Å². The summed E-state index contributed by atoms with van der Waals surface area (Å²) in [5, 5.41) is 11.8. The van der Waals surface area contributed by atoms with E-state index in [1.54, 1.807) is 17.4 Å². The van der Waals surface area contributed by atoms with Gasteiger partial charge in [-0.3, -0.25) is 0 Å². The van der Waals surface area contributed by atoms with Gasteiger partial charge in [-0.15, -0.1) is 16.8 Å². The molecular weight excluding hydrogens is 340 g/mol. The third-order valence-corrected chi connectivity index (χ3v) is 6.03. The Hall–Kier alpha value is -1.12. The topological polar surface area (TPSA) is 71.2 Å². The largest absolute Gasteiger partial charge is 0.399 e. The van der Waals surface area contributed by atoms with Gasteiger partial charge in [-0.2, -0.15) is 5.21 Å². The highest BCUT2D eigenvalue weighted by molar-refractivity contribution is 7.79. The van der Waals surface area contributed by atoms with Gasteiger partial charge in [-0.25, -0.2) is 4.98 Å². The lowest BCUT2D eigenvalue weighted by Crippen LogP contribution is -2.48. The van der Waals surface area contributed by atoms with Gasteiger partial charge >= 0.3 is 0 Å².